The van der Waals surface area contributed by atoms with Crippen molar-refractivity contribution in [1.29, 1.82) is 0 Å². The number of benzene rings is 2. The molecule has 0 spiro atoms. The van der Waals surface area contributed by atoms with E-state index in [0.29, 0.717) is 46.4 Å². The van der Waals surface area contributed by atoms with E-state index in [0.717, 1.165) is 8.95 Å². The third-order valence-electron chi connectivity index (χ3n) is 5.13. The van der Waals surface area contributed by atoms with Gasteiger partial charge in [0.05, 0.1) is 27.9 Å². The molecule has 0 saturated carbocycles. The Morgan fingerprint density at radius 2 is 2.03 bits per heavy atom. The number of halogens is 2. The summed E-state index contributed by atoms with van der Waals surface area (Å²) in [5, 5.41) is 5.18. The van der Waals surface area contributed by atoms with Gasteiger partial charge in [-0.1, -0.05) is 46.7 Å². The molecule has 10 heteroatoms. The highest BCUT2D eigenvalue weighted by Crippen LogP contribution is 2.43. The highest BCUT2D eigenvalue weighted by Gasteiger charge is 2.47. The van der Waals surface area contributed by atoms with Crippen molar-refractivity contribution in [2.75, 3.05) is 17.8 Å². The molecule has 1 aromatic heterocycles. The maximum Gasteiger partial charge on any atom is 0.325 e. The van der Waals surface area contributed by atoms with Crippen molar-refractivity contribution >= 4 is 55.2 Å². The first-order valence-electron chi connectivity index (χ1n) is 10.0. The molecule has 2 aromatic carbocycles. The molecule has 0 fully saturated rings. The number of amides is 1. The molecule has 3 aromatic rings. The van der Waals surface area contributed by atoms with Crippen molar-refractivity contribution in [2.24, 2.45) is 0 Å². The lowest BCUT2D eigenvalue weighted by molar-refractivity contribution is -0.763. The van der Waals surface area contributed by atoms with E-state index in [9.17, 15) is 9.59 Å². The summed E-state index contributed by atoms with van der Waals surface area (Å²) in [7, 11) is 0. The highest BCUT2D eigenvalue weighted by atomic mass is 79.9. The smallest absolute Gasteiger partial charge is 0.325 e. The molecule has 1 aliphatic heterocycles. The van der Waals surface area contributed by atoms with Gasteiger partial charge in [-0.05, 0) is 58.1 Å². The quantitative estimate of drug-likeness (QED) is 0.350. The Hall–Kier alpha value is -2.17. The van der Waals surface area contributed by atoms with Crippen LogP contribution in [0.3, 0.4) is 0 Å². The number of nitrogens with one attached hydrogen (secondary N) is 1. The number of para-hydroxylation sites is 1. The normalized spacial score (nSPS) is 14.7. The second kappa shape index (κ2) is 9.36. The van der Waals surface area contributed by atoms with Gasteiger partial charge in [0.2, 0.25) is 11.1 Å². The molecule has 1 atom stereocenters. The minimum absolute atomic E-state index is 0.0908. The highest BCUT2D eigenvalue weighted by molar-refractivity contribution is 9.11. The minimum atomic E-state index is -0.712. The topological polar surface area (TPSA) is 79.2 Å². The van der Waals surface area contributed by atoms with E-state index >= 15 is 0 Å². The van der Waals surface area contributed by atoms with Crippen LogP contribution >= 0.6 is 43.6 Å². The van der Waals surface area contributed by atoms with Crippen LogP contribution in [0.4, 0.5) is 5.69 Å². The van der Waals surface area contributed by atoms with Crippen molar-refractivity contribution in [3.8, 4) is 17.0 Å². The summed E-state index contributed by atoms with van der Waals surface area (Å²) < 4.78 is 9.17. The standard InChI is InChI=1S/C22H20Br2N4O3S/c1-4-17(29)27-16-9-7-6-8-13(16)18-20(30)25-22(32-3)26-28(18)21(27)14-10-12(23)11-15(24)19(14)31-5-2/h6-11,21H,4-5H2,1-3H3/p+1. The van der Waals surface area contributed by atoms with Gasteiger partial charge in [0.25, 0.3) is 6.17 Å². The van der Waals surface area contributed by atoms with Gasteiger partial charge >= 0.3 is 11.3 Å². The average Bonchev–Trinajstić information content (AvgIpc) is 2.78. The number of ether oxygens (including phenoxy) is 1. The zero-order valence-corrected chi connectivity index (χ0v) is 21.7. The molecule has 1 amide bonds. The summed E-state index contributed by atoms with van der Waals surface area (Å²) in [6.07, 6.45) is 1.42. The first kappa shape index (κ1) is 23.0. The number of rotatable bonds is 5. The molecule has 0 radical (unpaired) electrons. The Morgan fingerprint density at radius 1 is 1.28 bits per heavy atom. The maximum absolute atomic E-state index is 13.3. The van der Waals surface area contributed by atoms with Crippen LogP contribution in [0.2, 0.25) is 0 Å². The van der Waals surface area contributed by atoms with E-state index in [1.54, 1.807) is 9.58 Å². The average molecular weight is 581 g/mol. The van der Waals surface area contributed by atoms with Gasteiger partial charge in [0.1, 0.15) is 5.75 Å². The molecule has 0 aliphatic carbocycles. The van der Waals surface area contributed by atoms with Crippen LogP contribution < -0.4 is 19.9 Å². The summed E-state index contributed by atoms with van der Waals surface area (Å²) in [5.41, 5.74) is 2.14. The summed E-state index contributed by atoms with van der Waals surface area (Å²) in [4.78, 5) is 31.1. The SMILES string of the molecule is CCOc1c(Br)cc(Br)cc1C1N(C(=O)CC)c2ccccc2-c2c(=O)[nH]c(SC)n[n+]21. The molecule has 1 unspecified atom stereocenters. The lowest BCUT2D eigenvalue weighted by atomic mass is 10.0. The van der Waals surface area contributed by atoms with Crippen molar-refractivity contribution in [3.05, 3.63) is 61.3 Å². The largest absolute Gasteiger partial charge is 0.492 e. The van der Waals surface area contributed by atoms with E-state index in [4.69, 9.17) is 9.84 Å². The third-order valence-corrected chi connectivity index (χ3v) is 6.74. The predicted molar refractivity (Wildman–Crippen MR) is 131 cm³/mol. The first-order chi connectivity index (χ1) is 15.4. The summed E-state index contributed by atoms with van der Waals surface area (Å²) in [5.74, 6) is 0.507. The number of H-pyrrole nitrogens is 1. The zero-order chi connectivity index (χ0) is 23.0. The summed E-state index contributed by atoms with van der Waals surface area (Å²) >= 11 is 8.49. The first-order valence-corrected chi connectivity index (χ1v) is 12.9. The lowest BCUT2D eigenvalue weighted by Gasteiger charge is -2.32. The van der Waals surface area contributed by atoms with Crippen LogP contribution in [0.15, 0.2) is 55.3 Å². The van der Waals surface area contributed by atoms with E-state index in [-0.39, 0.29) is 11.5 Å². The molecule has 0 bridgehead atoms. The van der Waals surface area contributed by atoms with Gasteiger partial charge < -0.3 is 4.74 Å². The van der Waals surface area contributed by atoms with E-state index in [2.05, 4.69) is 36.8 Å². The number of carbonyl (C=O) groups is 1. The maximum atomic E-state index is 13.3. The Kier molecular flexibility index (Phi) is 6.73. The van der Waals surface area contributed by atoms with E-state index in [1.165, 1.54) is 11.8 Å². The molecule has 1 N–H and O–H groups in total. The molecule has 7 nitrogen and oxygen atoms in total. The number of anilines is 1. The fraction of sp³-hybridized carbons (Fsp3) is 0.273. The van der Waals surface area contributed by atoms with Crippen molar-refractivity contribution in [2.45, 2.75) is 31.6 Å². The number of thioether (sulfide) groups is 1. The number of hydrogen-bond donors (Lipinski definition) is 1. The third kappa shape index (κ3) is 3.88. The van der Waals surface area contributed by atoms with Crippen molar-refractivity contribution < 1.29 is 14.2 Å². The Bertz CT molecular complexity index is 1260. The van der Waals surface area contributed by atoms with E-state index < -0.39 is 6.17 Å². The Labute approximate surface area is 206 Å². The van der Waals surface area contributed by atoms with Gasteiger partial charge in [-0.25, -0.2) is 4.90 Å². The van der Waals surface area contributed by atoms with Crippen LogP contribution in [0.1, 0.15) is 32.0 Å². The monoisotopic (exact) mass is 579 g/mol. The number of hydrogen-bond acceptors (Lipinski definition) is 5. The van der Waals surface area contributed by atoms with Crippen LogP contribution in [-0.2, 0) is 4.79 Å². The minimum Gasteiger partial charge on any atom is -0.492 e. The Morgan fingerprint density at radius 3 is 2.72 bits per heavy atom. The molecule has 4 rings (SSSR count). The van der Waals surface area contributed by atoms with Crippen LogP contribution in [0, 0.1) is 0 Å². The lowest BCUT2D eigenvalue weighted by Crippen LogP contribution is -2.61. The molecular weight excluding hydrogens is 560 g/mol. The number of aromatic amines is 1. The number of fused-ring (bicyclic) bond motifs is 3. The number of carbonyl (C=O) groups excluding carboxylic acids is 1. The number of nitrogens with zero attached hydrogens (tertiary/aromatic N) is 3. The van der Waals surface area contributed by atoms with Crippen LogP contribution in [0.25, 0.3) is 11.3 Å². The van der Waals surface area contributed by atoms with Gasteiger partial charge in [-0.2, -0.15) is 0 Å². The van der Waals surface area contributed by atoms with Crippen LogP contribution in [-0.4, -0.2) is 28.9 Å². The van der Waals surface area contributed by atoms with Crippen molar-refractivity contribution in [3.63, 3.8) is 0 Å². The van der Waals surface area contributed by atoms with Crippen molar-refractivity contribution in [1.82, 2.24) is 10.1 Å². The zero-order valence-electron chi connectivity index (χ0n) is 17.7. The van der Waals surface area contributed by atoms with Gasteiger partial charge in [-0.3, -0.25) is 14.6 Å². The molecule has 1 aliphatic rings. The van der Waals surface area contributed by atoms with Gasteiger partial charge in [-0.15, -0.1) is 0 Å². The summed E-state index contributed by atoms with van der Waals surface area (Å²) in [6.45, 7) is 4.16. The predicted octanol–water partition coefficient (Wildman–Crippen LogP) is 4.67. The fourth-order valence-corrected chi connectivity index (χ4v) is 5.59. The summed E-state index contributed by atoms with van der Waals surface area (Å²) in [6, 6.07) is 11.2. The molecular formula is C22H21Br2N4O3S+. The van der Waals surface area contributed by atoms with Crippen LogP contribution in [0.5, 0.6) is 5.75 Å². The molecule has 166 valence electrons. The van der Waals surface area contributed by atoms with E-state index in [1.807, 2.05) is 56.5 Å². The molecule has 2 heterocycles. The Balaban J connectivity index is 2.14. The second-order valence-corrected chi connectivity index (χ2v) is 9.57. The second-order valence-electron chi connectivity index (χ2n) is 7.00. The van der Waals surface area contributed by atoms with Gasteiger partial charge in [0.15, 0.2) is 0 Å². The molecule has 0 saturated heterocycles. The molecule has 32 heavy (non-hydrogen) atoms. The fourth-order valence-electron chi connectivity index (χ4n) is 3.85. The van der Waals surface area contributed by atoms with Gasteiger partial charge in [0, 0.05) is 16.0 Å². The number of aromatic nitrogens is 3.